The van der Waals surface area contributed by atoms with E-state index in [2.05, 4.69) is 9.72 Å². The van der Waals surface area contributed by atoms with Crippen molar-refractivity contribution >= 4 is 17.3 Å². The van der Waals surface area contributed by atoms with Crippen molar-refractivity contribution in [2.75, 3.05) is 21.3 Å². The van der Waals surface area contributed by atoms with Crippen molar-refractivity contribution in [3.8, 4) is 22.8 Å². The van der Waals surface area contributed by atoms with Crippen molar-refractivity contribution in [2.45, 2.75) is 6.42 Å². The van der Waals surface area contributed by atoms with Gasteiger partial charge < -0.3 is 14.2 Å². The summed E-state index contributed by atoms with van der Waals surface area (Å²) in [6.07, 6.45) is 0.189. The van der Waals surface area contributed by atoms with Crippen LogP contribution in [0, 0.1) is 0 Å². The summed E-state index contributed by atoms with van der Waals surface area (Å²) in [5, 5.41) is 2.63. The number of rotatable bonds is 5. The lowest BCUT2D eigenvalue weighted by Crippen LogP contribution is -2.03. The number of benzene rings is 1. The van der Waals surface area contributed by atoms with Crippen LogP contribution in [-0.4, -0.2) is 32.3 Å². The second-order valence-corrected chi connectivity index (χ2v) is 4.89. The third-order valence-corrected chi connectivity index (χ3v) is 3.60. The highest BCUT2D eigenvalue weighted by Crippen LogP contribution is 2.32. The fourth-order valence-electron chi connectivity index (χ4n) is 1.72. The van der Waals surface area contributed by atoms with Crippen molar-refractivity contribution in [1.29, 1.82) is 0 Å². The average Bonchev–Trinajstić information content (AvgIpc) is 2.94. The molecule has 0 aliphatic carbocycles. The molecule has 5 nitrogen and oxygen atoms in total. The van der Waals surface area contributed by atoms with Crippen LogP contribution in [0.1, 0.15) is 5.01 Å². The maximum Gasteiger partial charge on any atom is 0.312 e. The van der Waals surface area contributed by atoms with Crippen LogP contribution in [0.5, 0.6) is 11.5 Å². The smallest absolute Gasteiger partial charge is 0.312 e. The molecule has 0 atom stereocenters. The van der Waals surface area contributed by atoms with Crippen LogP contribution in [0.4, 0.5) is 0 Å². The van der Waals surface area contributed by atoms with Crippen molar-refractivity contribution in [2.24, 2.45) is 0 Å². The van der Waals surface area contributed by atoms with E-state index in [0.29, 0.717) is 11.5 Å². The average molecular weight is 293 g/mol. The Morgan fingerprint density at radius 2 is 1.95 bits per heavy atom. The lowest BCUT2D eigenvalue weighted by Gasteiger charge is -2.08. The Hall–Kier alpha value is -2.08. The summed E-state index contributed by atoms with van der Waals surface area (Å²) in [4.78, 5) is 15.6. The predicted molar refractivity (Wildman–Crippen MR) is 76.4 cm³/mol. The maximum absolute atomic E-state index is 11.2. The van der Waals surface area contributed by atoms with Gasteiger partial charge in [0.1, 0.15) is 5.01 Å². The number of aromatic nitrogens is 1. The minimum atomic E-state index is -0.293. The highest BCUT2D eigenvalue weighted by atomic mass is 32.1. The molecule has 6 heteroatoms. The molecule has 2 aromatic rings. The molecule has 0 radical (unpaired) electrons. The third kappa shape index (κ3) is 3.08. The van der Waals surface area contributed by atoms with E-state index in [0.717, 1.165) is 16.3 Å². The van der Waals surface area contributed by atoms with Gasteiger partial charge in [0.2, 0.25) is 0 Å². The van der Waals surface area contributed by atoms with Crippen molar-refractivity contribution in [3.05, 3.63) is 28.6 Å². The SMILES string of the molecule is COC(=O)Cc1nc(-c2ccc(OC)c(OC)c2)cs1. The molecule has 0 saturated heterocycles. The van der Waals surface area contributed by atoms with Gasteiger partial charge in [0, 0.05) is 10.9 Å². The Morgan fingerprint density at radius 1 is 1.20 bits per heavy atom. The van der Waals surface area contributed by atoms with Crippen LogP contribution >= 0.6 is 11.3 Å². The monoisotopic (exact) mass is 293 g/mol. The molecule has 0 aliphatic heterocycles. The molecule has 106 valence electrons. The van der Waals surface area contributed by atoms with Crippen molar-refractivity contribution in [1.82, 2.24) is 4.98 Å². The van der Waals surface area contributed by atoms with E-state index in [4.69, 9.17) is 9.47 Å². The van der Waals surface area contributed by atoms with E-state index in [-0.39, 0.29) is 12.4 Å². The Labute approximate surface area is 121 Å². The summed E-state index contributed by atoms with van der Waals surface area (Å²) in [5.74, 6) is 1.02. The number of carbonyl (C=O) groups is 1. The number of carbonyl (C=O) groups excluding carboxylic acids is 1. The normalized spacial score (nSPS) is 10.2. The Bertz CT molecular complexity index is 609. The number of methoxy groups -OCH3 is 3. The quantitative estimate of drug-likeness (QED) is 0.793. The van der Waals surface area contributed by atoms with E-state index >= 15 is 0 Å². The molecule has 0 spiro atoms. The van der Waals surface area contributed by atoms with Crippen LogP contribution < -0.4 is 9.47 Å². The molecule has 0 aliphatic rings. The topological polar surface area (TPSA) is 57.7 Å². The number of hydrogen-bond acceptors (Lipinski definition) is 6. The van der Waals surface area contributed by atoms with Crippen molar-refractivity contribution < 1.29 is 19.0 Å². The molecule has 0 bridgehead atoms. The number of hydrogen-bond donors (Lipinski definition) is 0. The van der Waals surface area contributed by atoms with Gasteiger partial charge in [0.25, 0.3) is 0 Å². The van der Waals surface area contributed by atoms with Gasteiger partial charge in [-0.05, 0) is 18.2 Å². The minimum absolute atomic E-state index is 0.189. The summed E-state index contributed by atoms with van der Waals surface area (Å²) >= 11 is 1.43. The summed E-state index contributed by atoms with van der Waals surface area (Å²) in [6, 6.07) is 5.58. The molecular weight excluding hydrogens is 278 g/mol. The first-order chi connectivity index (χ1) is 9.67. The fraction of sp³-hybridized carbons (Fsp3) is 0.286. The van der Waals surface area contributed by atoms with E-state index in [1.54, 1.807) is 14.2 Å². The van der Waals surface area contributed by atoms with Crippen molar-refractivity contribution in [3.63, 3.8) is 0 Å². The van der Waals surface area contributed by atoms with Crippen LogP contribution in [0.3, 0.4) is 0 Å². The highest BCUT2D eigenvalue weighted by molar-refractivity contribution is 7.10. The standard InChI is InChI=1S/C14H15NO4S/c1-17-11-5-4-9(6-12(11)18-2)10-8-20-13(15-10)7-14(16)19-3/h4-6,8H,7H2,1-3H3. The molecule has 0 amide bonds. The fourth-order valence-corrected chi connectivity index (χ4v) is 2.50. The second-order valence-electron chi connectivity index (χ2n) is 3.95. The minimum Gasteiger partial charge on any atom is -0.493 e. The van der Waals surface area contributed by atoms with E-state index in [1.165, 1.54) is 18.4 Å². The highest BCUT2D eigenvalue weighted by Gasteiger charge is 2.11. The molecule has 20 heavy (non-hydrogen) atoms. The van der Waals surface area contributed by atoms with Crippen LogP contribution in [0.25, 0.3) is 11.3 Å². The summed E-state index contributed by atoms with van der Waals surface area (Å²) in [7, 11) is 4.55. The number of esters is 1. The summed E-state index contributed by atoms with van der Waals surface area (Å²) in [5.41, 5.74) is 1.71. The van der Waals surface area contributed by atoms with Gasteiger partial charge in [-0.15, -0.1) is 11.3 Å². The molecule has 0 N–H and O–H groups in total. The first-order valence-corrected chi connectivity index (χ1v) is 6.79. The second kappa shape index (κ2) is 6.38. The number of thiazole rings is 1. The Morgan fingerprint density at radius 3 is 2.60 bits per heavy atom. The first-order valence-electron chi connectivity index (χ1n) is 5.91. The molecular formula is C14H15NO4S. The van der Waals surface area contributed by atoms with E-state index in [1.807, 2.05) is 23.6 Å². The largest absolute Gasteiger partial charge is 0.493 e. The van der Waals surface area contributed by atoms with Gasteiger partial charge >= 0.3 is 5.97 Å². The van der Waals surface area contributed by atoms with Gasteiger partial charge in [-0.25, -0.2) is 4.98 Å². The molecule has 0 saturated carbocycles. The van der Waals surface area contributed by atoms with Crippen LogP contribution in [0.15, 0.2) is 23.6 Å². The molecule has 1 aromatic carbocycles. The molecule has 0 fully saturated rings. The molecule has 1 aromatic heterocycles. The van der Waals surface area contributed by atoms with Gasteiger partial charge in [0.05, 0.1) is 33.4 Å². The lowest BCUT2D eigenvalue weighted by atomic mass is 10.1. The van der Waals surface area contributed by atoms with Gasteiger partial charge in [-0.2, -0.15) is 0 Å². The zero-order valence-electron chi connectivity index (χ0n) is 11.5. The zero-order valence-corrected chi connectivity index (χ0v) is 12.3. The summed E-state index contributed by atoms with van der Waals surface area (Å²) < 4.78 is 15.1. The van der Waals surface area contributed by atoms with E-state index < -0.39 is 0 Å². The molecule has 1 heterocycles. The summed E-state index contributed by atoms with van der Waals surface area (Å²) in [6.45, 7) is 0. The number of ether oxygens (including phenoxy) is 3. The Balaban J connectivity index is 2.25. The molecule has 2 rings (SSSR count). The zero-order chi connectivity index (χ0) is 14.5. The van der Waals surface area contributed by atoms with Gasteiger partial charge in [-0.1, -0.05) is 0 Å². The number of nitrogens with zero attached hydrogens (tertiary/aromatic N) is 1. The van der Waals surface area contributed by atoms with Crippen LogP contribution in [-0.2, 0) is 16.0 Å². The maximum atomic E-state index is 11.2. The van der Waals surface area contributed by atoms with Gasteiger partial charge in [0.15, 0.2) is 11.5 Å². The molecule has 0 unspecified atom stereocenters. The predicted octanol–water partition coefficient (Wildman–Crippen LogP) is 2.54. The third-order valence-electron chi connectivity index (χ3n) is 2.75. The Kier molecular flexibility index (Phi) is 4.57. The van der Waals surface area contributed by atoms with E-state index in [9.17, 15) is 4.79 Å². The van der Waals surface area contributed by atoms with Gasteiger partial charge in [-0.3, -0.25) is 4.79 Å². The first kappa shape index (κ1) is 14.3. The lowest BCUT2D eigenvalue weighted by molar-refractivity contribution is -0.139. The van der Waals surface area contributed by atoms with Crippen LogP contribution in [0.2, 0.25) is 0 Å².